The summed E-state index contributed by atoms with van der Waals surface area (Å²) in [5.41, 5.74) is -2.54. The SMILES string of the molecule is CC(C)(O)C(C)(C)OB(O)c1cc(F)c(N2CCOCC2)c(F)c1. The van der Waals surface area contributed by atoms with E-state index in [0.29, 0.717) is 26.3 Å². The normalized spacial score (nSPS) is 16.4. The number of benzene rings is 1. The Balaban J connectivity index is 2.23. The number of ether oxygens (including phenoxy) is 1. The van der Waals surface area contributed by atoms with Crippen molar-refractivity contribution in [2.75, 3.05) is 31.2 Å². The van der Waals surface area contributed by atoms with Crippen LogP contribution in [-0.4, -0.2) is 54.8 Å². The lowest BCUT2D eigenvalue weighted by atomic mass is 9.76. The number of aliphatic hydroxyl groups is 1. The molecule has 0 aromatic heterocycles. The molecule has 1 fully saturated rings. The molecule has 2 N–H and O–H groups in total. The van der Waals surface area contributed by atoms with Crippen molar-refractivity contribution in [3.8, 4) is 0 Å². The van der Waals surface area contributed by atoms with Crippen LogP contribution in [0.3, 0.4) is 0 Å². The van der Waals surface area contributed by atoms with E-state index in [2.05, 4.69) is 0 Å². The number of halogens is 2. The fourth-order valence-electron chi connectivity index (χ4n) is 2.31. The van der Waals surface area contributed by atoms with Crippen LogP contribution in [0.15, 0.2) is 12.1 Å². The predicted molar refractivity (Wildman–Crippen MR) is 88.5 cm³/mol. The summed E-state index contributed by atoms with van der Waals surface area (Å²) in [7, 11) is -1.56. The Hall–Kier alpha value is -1.22. The van der Waals surface area contributed by atoms with Crippen LogP contribution in [0, 0.1) is 11.6 Å². The third-order valence-corrected chi connectivity index (χ3v) is 4.53. The van der Waals surface area contributed by atoms with Gasteiger partial charge >= 0.3 is 7.12 Å². The van der Waals surface area contributed by atoms with Gasteiger partial charge in [-0.15, -0.1) is 0 Å². The second kappa shape index (κ2) is 6.96. The molecule has 0 saturated carbocycles. The maximum absolute atomic E-state index is 14.4. The van der Waals surface area contributed by atoms with Crippen molar-refractivity contribution in [3.05, 3.63) is 23.8 Å². The molecule has 0 amide bonds. The maximum atomic E-state index is 14.4. The van der Waals surface area contributed by atoms with Gasteiger partial charge in [0, 0.05) is 13.1 Å². The molecule has 134 valence electrons. The molecule has 1 aliphatic rings. The average molecular weight is 343 g/mol. The third kappa shape index (κ3) is 4.06. The summed E-state index contributed by atoms with van der Waals surface area (Å²) in [6.07, 6.45) is 0. The molecule has 0 radical (unpaired) electrons. The maximum Gasteiger partial charge on any atom is 0.491 e. The van der Waals surface area contributed by atoms with E-state index in [1.165, 1.54) is 13.8 Å². The standard InChI is InChI=1S/C16H24BF2NO4/c1-15(2,21)16(3,4)24-17(22)11-9-12(18)14(13(19)10-11)20-5-7-23-8-6-20/h9-10,21-22H,5-8H2,1-4H3. The molecule has 1 aliphatic heterocycles. The van der Waals surface area contributed by atoms with Gasteiger partial charge in [-0.1, -0.05) is 0 Å². The quantitative estimate of drug-likeness (QED) is 0.783. The van der Waals surface area contributed by atoms with E-state index in [1.54, 1.807) is 18.7 Å². The molecule has 0 spiro atoms. The second-order valence-corrected chi connectivity index (χ2v) is 6.97. The number of hydrogen-bond donors (Lipinski definition) is 2. The highest BCUT2D eigenvalue weighted by atomic mass is 19.1. The van der Waals surface area contributed by atoms with Crippen LogP contribution in [0.2, 0.25) is 0 Å². The van der Waals surface area contributed by atoms with E-state index in [1.807, 2.05) is 0 Å². The first-order valence-electron chi connectivity index (χ1n) is 7.93. The van der Waals surface area contributed by atoms with Gasteiger partial charge in [-0.05, 0) is 45.3 Å². The first-order valence-corrected chi connectivity index (χ1v) is 7.93. The topological polar surface area (TPSA) is 62.2 Å². The highest BCUT2D eigenvalue weighted by Crippen LogP contribution is 2.27. The first kappa shape index (κ1) is 19.1. The van der Waals surface area contributed by atoms with Crippen molar-refractivity contribution in [2.45, 2.75) is 38.9 Å². The fourth-order valence-corrected chi connectivity index (χ4v) is 2.31. The molecular formula is C16H24BF2NO4. The molecule has 1 heterocycles. The van der Waals surface area contributed by atoms with Gasteiger partial charge in [-0.25, -0.2) is 8.78 Å². The number of hydrogen-bond acceptors (Lipinski definition) is 5. The summed E-state index contributed by atoms with van der Waals surface area (Å²) in [5.74, 6) is -1.54. The fraction of sp³-hybridized carbons (Fsp3) is 0.625. The second-order valence-electron chi connectivity index (χ2n) is 6.97. The van der Waals surface area contributed by atoms with Crippen molar-refractivity contribution in [2.24, 2.45) is 0 Å². The number of rotatable bonds is 5. The van der Waals surface area contributed by atoms with Gasteiger partial charge in [-0.3, -0.25) is 0 Å². The van der Waals surface area contributed by atoms with Crippen LogP contribution in [0.5, 0.6) is 0 Å². The van der Waals surface area contributed by atoms with Gasteiger partial charge in [0.2, 0.25) is 0 Å². The van der Waals surface area contributed by atoms with Crippen LogP contribution in [0.25, 0.3) is 0 Å². The van der Waals surface area contributed by atoms with Crippen LogP contribution < -0.4 is 10.4 Å². The molecule has 8 heteroatoms. The highest BCUT2D eigenvalue weighted by Gasteiger charge is 2.40. The molecule has 0 bridgehead atoms. The Morgan fingerprint density at radius 1 is 1.12 bits per heavy atom. The van der Waals surface area contributed by atoms with Crippen LogP contribution in [0.4, 0.5) is 14.5 Å². The number of anilines is 1. The Morgan fingerprint density at radius 2 is 1.62 bits per heavy atom. The van der Waals surface area contributed by atoms with E-state index < -0.39 is 30.0 Å². The molecule has 1 saturated heterocycles. The van der Waals surface area contributed by atoms with Gasteiger partial charge in [0.1, 0.15) is 17.3 Å². The molecule has 1 aromatic rings. The van der Waals surface area contributed by atoms with Crippen molar-refractivity contribution >= 4 is 18.3 Å². The van der Waals surface area contributed by atoms with Crippen molar-refractivity contribution in [1.82, 2.24) is 0 Å². The summed E-state index contributed by atoms with van der Waals surface area (Å²) >= 11 is 0. The van der Waals surface area contributed by atoms with E-state index in [4.69, 9.17) is 9.39 Å². The van der Waals surface area contributed by atoms with Gasteiger partial charge in [0.25, 0.3) is 0 Å². The lowest BCUT2D eigenvalue weighted by Crippen LogP contribution is -2.53. The third-order valence-electron chi connectivity index (χ3n) is 4.53. The van der Waals surface area contributed by atoms with Crippen molar-refractivity contribution < 1.29 is 28.3 Å². The lowest BCUT2D eigenvalue weighted by Gasteiger charge is -2.38. The molecule has 5 nitrogen and oxygen atoms in total. The zero-order valence-electron chi connectivity index (χ0n) is 14.5. The smallest absolute Gasteiger partial charge is 0.423 e. The van der Waals surface area contributed by atoms with Crippen LogP contribution in [-0.2, 0) is 9.39 Å². The van der Waals surface area contributed by atoms with E-state index in [-0.39, 0.29) is 11.2 Å². The van der Waals surface area contributed by atoms with Gasteiger partial charge in [0.15, 0.2) is 0 Å². The Bertz CT molecular complexity index is 563. The summed E-state index contributed by atoms with van der Waals surface area (Å²) in [6.45, 7) is 7.86. The van der Waals surface area contributed by atoms with Crippen LogP contribution in [0.1, 0.15) is 27.7 Å². The number of nitrogens with zero attached hydrogens (tertiary/aromatic N) is 1. The van der Waals surface area contributed by atoms with E-state index in [9.17, 15) is 18.9 Å². The van der Waals surface area contributed by atoms with Crippen molar-refractivity contribution in [1.29, 1.82) is 0 Å². The van der Waals surface area contributed by atoms with Crippen LogP contribution >= 0.6 is 0 Å². The Labute approximate surface area is 141 Å². The molecule has 1 aromatic carbocycles. The van der Waals surface area contributed by atoms with Gasteiger partial charge in [0.05, 0.1) is 24.4 Å². The molecule has 24 heavy (non-hydrogen) atoms. The minimum Gasteiger partial charge on any atom is -0.423 e. The van der Waals surface area contributed by atoms with Gasteiger partial charge in [-0.2, -0.15) is 0 Å². The summed E-state index contributed by atoms with van der Waals surface area (Å²) < 4.78 is 39.4. The zero-order valence-corrected chi connectivity index (χ0v) is 14.5. The number of morpholine rings is 1. The summed E-state index contributed by atoms with van der Waals surface area (Å²) in [6, 6.07) is 2.11. The van der Waals surface area contributed by atoms with E-state index in [0.717, 1.165) is 12.1 Å². The molecule has 0 unspecified atom stereocenters. The van der Waals surface area contributed by atoms with E-state index >= 15 is 0 Å². The monoisotopic (exact) mass is 343 g/mol. The molecule has 2 rings (SSSR count). The van der Waals surface area contributed by atoms with Gasteiger partial charge < -0.3 is 24.4 Å². The Morgan fingerprint density at radius 3 is 2.08 bits per heavy atom. The minimum atomic E-state index is -1.56. The minimum absolute atomic E-state index is 0.0423. The molecule has 0 aliphatic carbocycles. The zero-order chi connectivity index (χ0) is 18.1. The predicted octanol–water partition coefficient (Wildman–Crippen LogP) is 1.05. The Kier molecular flexibility index (Phi) is 5.54. The average Bonchev–Trinajstić information content (AvgIpc) is 2.46. The summed E-state index contributed by atoms with van der Waals surface area (Å²) in [5, 5.41) is 20.2. The summed E-state index contributed by atoms with van der Waals surface area (Å²) in [4.78, 5) is 1.58. The molecular weight excluding hydrogens is 319 g/mol. The molecule has 0 atom stereocenters. The first-order chi connectivity index (χ1) is 11.0. The lowest BCUT2D eigenvalue weighted by molar-refractivity contribution is -0.0982. The highest BCUT2D eigenvalue weighted by molar-refractivity contribution is 6.60. The largest absolute Gasteiger partial charge is 0.491 e. The van der Waals surface area contributed by atoms with Crippen molar-refractivity contribution in [3.63, 3.8) is 0 Å².